The van der Waals surface area contributed by atoms with Crippen LogP contribution >= 0.6 is 11.3 Å². The van der Waals surface area contributed by atoms with Gasteiger partial charge in [0.15, 0.2) is 0 Å². The number of ether oxygens (including phenoxy) is 2. The van der Waals surface area contributed by atoms with E-state index in [0.29, 0.717) is 35.0 Å². The summed E-state index contributed by atoms with van der Waals surface area (Å²) in [6, 6.07) is 15.1. The van der Waals surface area contributed by atoms with E-state index in [1.54, 1.807) is 17.5 Å². The fourth-order valence-corrected chi connectivity index (χ4v) is 4.13. The van der Waals surface area contributed by atoms with Crippen LogP contribution in [0.1, 0.15) is 39.3 Å². The number of nitrogens with zero attached hydrogens (tertiary/aromatic N) is 1. The number of hydrogen-bond acceptors (Lipinski definition) is 7. The van der Waals surface area contributed by atoms with Gasteiger partial charge in [-0.1, -0.05) is 30.3 Å². The Balaban J connectivity index is 1.32. The highest BCUT2D eigenvalue weighted by molar-refractivity contribution is 7.09. The molecule has 0 saturated heterocycles. The topological polar surface area (TPSA) is 90.7 Å². The van der Waals surface area contributed by atoms with Gasteiger partial charge in [-0.25, -0.2) is 9.78 Å². The number of furan rings is 1. The van der Waals surface area contributed by atoms with Crippen LogP contribution in [0.15, 0.2) is 58.3 Å². The van der Waals surface area contributed by atoms with Crippen LogP contribution in [0.2, 0.25) is 0 Å². The van der Waals surface area contributed by atoms with Crippen LogP contribution in [0.4, 0.5) is 0 Å². The van der Waals surface area contributed by atoms with Crippen LogP contribution < -0.4 is 10.1 Å². The van der Waals surface area contributed by atoms with Crippen LogP contribution in [0.3, 0.4) is 0 Å². The number of nitrogens with one attached hydrogen (secondary N) is 1. The number of carbonyl (C=O) groups is 2. The highest BCUT2D eigenvalue weighted by Gasteiger charge is 2.20. The maximum absolute atomic E-state index is 12.6. The van der Waals surface area contributed by atoms with E-state index in [0.717, 1.165) is 16.7 Å². The van der Waals surface area contributed by atoms with E-state index >= 15 is 0 Å². The Morgan fingerprint density at radius 3 is 2.76 bits per heavy atom. The molecule has 0 atom stereocenters. The summed E-state index contributed by atoms with van der Waals surface area (Å²) >= 11 is 1.36. The number of thiazole rings is 1. The van der Waals surface area contributed by atoms with E-state index in [2.05, 4.69) is 10.3 Å². The highest BCUT2D eigenvalue weighted by Crippen LogP contribution is 2.29. The Kier molecular flexibility index (Phi) is 7.04. The van der Waals surface area contributed by atoms with Crippen molar-refractivity contribution in [3.8, 4) is 5.75 Å². The molecule has 0 aliphatic carbocycles. The third-order valence-corrected chi connectivity index (χ3v) is 5.90. The van der Waals surface area contributed by atoms with Crippen molar-refractivity contribution in [2.75, 3.05) is 6.61 Å². The lowest BCUT2D eigenvalue weighted by Crippen LogP contribution is -2.24. The molecule has 0 spiro atoms. The summed E-state index contributed by atoms with van der Waals surface area (Å²) in [7, 11) is 0. The van der Waals surface area contributed by atoms with Gasteiger partial charge in [-0.15, -0.1) is 11.3 Å². The standard InChI is InChI=1S/C25H24N2O5S/c1-3-30-19-9-10-21-20(11-19)16(2)24(32-21)25(29)31-14-18-15-33-23(27-18)12-22(28)26-13-17-7-5-4-6-8-17/h4-11,15H,3,12-14H2,1-2H3,(H,26,28). The van der Waals surface area contributed by atoms with Gasteiger partial charge in [-0.2, -0.15) is 0 Å². The van der Waals surface area contributed by atoms with Crippen molar-refractivity contribution in [3.63, 3.8) is 0 Å². The normalized spacial score (nSPS) is 10.8. The summed E-state index contributed by atoms with van der Waals surface area (Å²) in [6.07, 6.45) is 0.177. The lowest BCUT2D eigenvalue weighted by molar-refractivity contribution is -0.120. The first-order valence-electron chi connectivity index (χ1n) is 10.6. The van der Waals surface area contributed by atoms with E-state index < -0.39 is 5.97 Å². The van der Waals surface area contributed by atoms with Gasteiger partial charge in [0, 0.05) is 22.9 Å². The molecule has 2 heterocycles. The summed E-state index contributed by atoms with van der Waals surface area (Å²) in [5.74, 6) is 0.212. The Bertz CT molecular complexity index is 1260. The van der Waals surface area contributed by atoms with Gasteiger partial charge in [0.25, 0.3) is 0 Å². The van der Waals surface area contributed by atoms with E-state index in [4.69, 9.17) is 13.9 Å². The summed E-state index contributed by atoms with van der Waals surface area (Å²) in [6.45, 7) is 4.76. The minimum atomic E-state index is -0.559. The molecule has 0 fully saturated rings. The van der Waals surface area contributed by atoms with Crippen molar-refractivity contribution in [1.29, 1.82) is 0 Å². The number of hydrogen-bond donors (Lipinski definition) is 1. The maximum atomic E-state index is 12.6. The lowest BCUT2D eigenvalue weighted by atomic mass is 10.1. The lowest BCUT2D eigenvalue weighted by Gasteiger charge is -2.04. The van der Waals surface area contributed by atoms with Gasteiger partial charge >= 0.3 is 5.97 Å². The second-order valence-corrected chi connectivity index (χ2v) is 8.34. The SMILES string of the molecule is CCOc1ccc2oc(C(=O)OCc3csc(CC(=O)NCc4ccccc4)n3)c(C)c2c1. The summed E-state index contributed by atoms with van der Waals surface area (Å²) in [5, 5.41) is 6.14. The molecule has 4 rings (SSSR count). The van der Waals surface area contributed by atoms with Crippen LogP contribution in [0, 0.1) is 6.92 Å². The number of amides is 1. The summed E-state index contributed by atoms with van der Waals surface area (Å²) < 4.78 is 16.6. The number of carbonyl (C=O) groups excluding carboxylic acids is 2. The Labute approximate surface area is 195 Å². The van der Waals surface area contributed by atoms with Crippen molar-refractivity contribution in [2.45, 2.75) is 33.4 Å². The largest absolute Gasteiger partial charge is 0.494 e. The van der Waals surface area contributed by atoms with Gasteiger partial charge in [0.1, 0.15) is 22.9 Å². The third-order valence-electron chi connectivity index (χ3n) is 5.00. The first-order chi connectivity index (χ1) is 16.0. The zero-order chi connectivity index (χ0) is 23.2. The average molecular weight is 465 g/mol. The molecular weight excluding hydrogens is 440 g/mol. The molecule has 8 heteroatoms. The molecule has 0 saturated carbocycles. The fraction of sp³-hybridized carbons (Fsp3) is 0.240. The van der Waals surface area contributed by atoms with Crippen molar-refractivity contribution in [1.82, 2.24) is 10.3 Å². The molecule has 4 aromatic rings. The smallest absolute Gasteiger partial charge is 0.374 e. The highest BCUT2D eigenvalue weighted by atomic mass is 32.1. The van der Waals surface area contributed by atoms with Crippen LogP contribution in [0.5, 0.6) is 5.75 Å². The monoisotopic (exact) mass is 464 g/mol. The van der Waals surface area contributed by atoms with Crippen molar-refractivity contribution >= 4 is 34.2 Å². The summed E-state index contributed by atoms with van der Waals surface area (Å²) in [5.41, 5.74) is 2.92. The molecule has 1 amide bonds. The van der Waals surface area contributed by atoms with Gasteiger partial charge in [-0.3, -0.25) is 4.79 Å². The third kappa shape index (κ3) is 5.59. The molecule has 7 nitrogen and oxygen atoms in total. The summed E-state index contributed by atoms with van der Waals surface area (Å²) in [4.78, 5) is 29.2. The van der Waals surface area contributed by atoms with Crippen molar-refractivity contribution < 1.29 is 23.5 Å². The molecule has 33 heavy (non-hydrogen) atoms. The Morgan fingerprint density at radius 1 is 1.15 bits per heavy atom. The van der Waals surface area contributed by atoms with Crippen molar-refractivity contribution in [3.05, 3.63) is 81.5 Å². The second-order valence-electron chi connectivity index (χ2n) is 7.39. The first-order valence-corrected chi connectivity index (χ1v) is 11.5. The van der Waals surface area contributed by atoms with Gasteiger partial charge in [-0.05, 0) is 37.6 Å². The van der Waals surface area contributed by atoms with E-state index in [-0.39, 0.29) is 24.7 Å². The second kappa shape index (κ2) is 10.3. The van der Waals surface area contributed by atoms with Crippen LogP contribution in [0.25, 0.3) is 11.0 Å². The predicted octanol–water partition coefficient (Wildman–Crippen LogP) is 4.81. The van der Waals surface area contributed by atoms with Crippen molar-refractivity contribution in [2.24, 2.45) is 0 Å². The zero-order valence-corrected chi connectivity index (χ0v) is 19.2. The quantitative estimate of drug-likeness (QED) is 0.358. The molecule has 1 N–H and O–H groups in total. The molecule has 0 bridgehead atoms. The predicted molar refractivity (Wildman–Crippen MR) is 125 cm³/mol. The molecule has 2 aromatic heterocycles. The fourth-order valence-electron chi connectivity index (χ4n) is 3.35. The molecule has 0 unspecified atom stereocenters. The van der Waals surface area contributed by atoms with Gasteiger partial charge in [0.2, 0.25) is 11.7 Å². The Hall–Kier alpha value is -3.65. The molecule has 0 radical (unpaired) electrons. The average Bonchev–Trinajstić information content (AvgIpc) is 3.41. The van der Waals surface area contributed by atoms with Crippen LogP contribution in [-0.2, 0) is 29.1 Å². The van der Waals surface area contributed by atoms with E-state index in [1.807, 2.05) is 50.2 Å². The maximum Gasteiger partial charge on any atom is 0.374 e. The van der Waals surface area contributed by atoms with Crippen LogP contribution in [-0.4, -0.2) is 23.5 Å². The first kappa shape index (κ1) is 22.5. The molecule has 170 valence electrons. The van der Waals surface area contributed by atoms with Gasteiger partial charge < -0.3 is 19.2 Å². The molecule has 0 aliphatic heterocycles. The van der Waals surface area contributed by atoms with E-state index in [1.165, 1.54) is 11.3 Å². The number of fused-ring (bicyclic) bond motifs is 1. The minimum Gasteiger partial charge on any atom is -0.494 e. The van der Waals surface area contributed by atoms with E-state index in [9.17, 15) is 9.59 Å². The Morgan fingerprint density at radius 2 is 1.97 bits per heavy atom. The number of aryl methyl sites for hydroxylation is 1. The van der Waals surface area contributed by atoms with Gasteiger partial charge in [0.05, 0.1) is 18.7 Å². The molecular formula is C25H24N2O5S. The molecule has 0 aliphatic rings. The number of benzene rings is 2. The molecule has 2 aromatic carbocycles. The zero-order valence-electron chi connectivity index (χ0n) is 18.4. The number of aromatic nitrogens is 1. The number of rotatable bonds is 9. The number of esters is 1. The minimum absolute atomic E-state index is 0.00164.